The van der Waals surface area contributed by atoms with Gasteiger partial charge in [0.05, 0.1) is 0 Å². The summed E-state index contributed by atoms with van der Waals surface area (Å²) in [6, 6.07) is 16.1. The van der Waals surface area contributed by atoms with Crippen molar-refractivity contribution in [2.45, 2.75) is 26.9 Å². The predicted molar refractivity (Wildman–Crippen MR) is 93.6 cm³/mol. The van der Waals surface area contributed by atoms with E-state index in [0.717, 1.165) is 28.6 Å². The van der Waals surface area contributed by atoms with E-state index in [0.29, 0.717) is 12.1 Å². The summed E-state index contributed by atoms with van der Waals surface area (Å²) in [6.45, 7) is 5.58. The number of fused-ring (bicyclic) bond motifs is 1. The predicted octanol–water partition coefficient (Wildman–Crippen LogP) is 4.04. The van der Waals surface area contributed by atoms with Gasteiger partial charge in [-0.25, -0.2) is 4.79 Å². The molecule has 3 nitrogen and oxygen atoms in total. The zero-order valence-electron chi connectivity index (χ0n) is 13.8. The number of aryl methyl sites for hydroxylation is 2. The van der Waals surface area contributed by atoms with Gasteiger partial charge >= 0.3 is 5.63 Å². The van der Waals surface area contributed by atoms with Crippen LogP contribution in [0.15, 0.2) is 57.7 Å². The molecule has 118 valence electrons. The smallest absolute Gasteiger partial charge is 0.336 e. The molecule has 0 radical (unpaired) electrons. The summed E-state index contributed by atoms with van der Waals surface area (Å²) in [5.41, 5.74) is 4.87. The van der Waals surface area contributed by atoms with Crippen molar-refractivity contribution in [3.63, 3.8) is 0 Å². The van der Waals surface area contributed by atoms with Crippen LogP contribution in [0.25, 0.3) is 11.0 Å². The topological polar surface area (TPSA) is 33.5 Å². The van der Waals surface area contributed by atoms with Gasteiger partial charge < -0.3 is 4.42 Å². The Kier molecular flexibility index (Phi) is 4.30. The lowest BCUT2D eigenvalue weighted by atomic mass is 10.0. The van der Waals surface area contributed by atoms with Crippen molar-refractivity contribution in [3.8, 4) is 0 Å². The van der Waals surface area contributed by atoms with E-state index in [9.17, 15) is 4.79 Å². The van der Waals surface area contributed by atoms with E-state index >= 15 is 0 Å². The van der Waals surface area contributed by atoms with E-state index in [1.54, 1.807) is 6.07 Å². The van der Waals surface area contributed by atoms with Gasteiger partial charge in [-0.1, -0.05) is 42.5 Å². The highest BCUT2D eigenvalue weighted by molar-refractivity contribution is 5.83. The van der Waals surface area contributed by atoms with Gasteiger partial charge in [-0.3, -0.25) is 4.90 Å². The molecule has 3 rings (SSSR count). The van der Waals surface area contributed by atoms with E-state index in [2.05, 4.69) is 30.1 Å². The van der Waals surface area contributed by atoms with Crippen molar-refractivity contribution in [2.75, 3.05) is 7.05 Å². The first-order valence-corrected chi connectivity index (χ1v) is 7.80. The van der Waals surface area contributed by atoms with Gasteiger partial charge in [-0.2, -0.15) is 0 Å². The summed E-state index contributed by atoms with van der Waals surface area (Å²) >= 11 is 0. The summed E-state index contributed by atoms with van der Waals surface area (Å²) in [6.07, 6.45) is 0. The number of rotatable bonds is 4. The Morgan fingerprint density at radius 3 is 2.48 bits per heavy atom. The molecular weight excluding hydrogens is 286 g/mol. The highest BCUT2D eigenvalue weighted by Gasteiger charge is 2.11. The van der Waals surface area contributed by atoms with Crippen LogP contribution < -0.4 is 5.63 Å². The molecule has 1 aromatic heterocycles. The van der Waals surface area contributed by atoms with Gasteiger partial charge in [0.2, 0.25) is 0 Å². The van der Waals surface area contributed by atoms with Crippen molar-refractivity contribution in [1.82, 2.24) is 4.90 Å². The molecule has 23 heavy (non-hydrogen) atoms. The average molecular weight is 307 g/mol. The third kappa shape index (κ3) is 3.35. The second kappa shape index (κ2) is 6.39. The SMILES string of the molecule is Cc1ccc2c(CN(C)Cc3ccccc3)cc(=O)oc2c1C. The second-order valence-corrected chi connectivity index (χ2v) is 6.13. The van der Waals surface area contributed by atoms with E-state index in [4.69, 9.17) is 4.42 Å². The molecular formula is C20H21NO2. The number of hydrogen-bond acceptors (Lipinski definition) is 3. The fourth-order valence-corrected chi connectivity index (χ4v) is 2.90. The first-order chi connectivity index (χ1) is 11.0. The molecule has 0 spiro atoms. The molecule has 0 bridgehead atoms. The van der Waals surface area contributed by atoms with E-state index < -0.39 is 0 Å². The highest BCUT2D eigenvalue weighted by Crippen LogP contribution is 2.24. The fourth-order valence-electron chi connectivity index (χ4n) is 2.90. The molecule has 0 unspecified atom stereocenters. The van der Waals surface area contributed by atoms with Crippen LogP contribution in [0, 0.1) is 13.8 Å². The average Bonchev–Trinajstić information content (AvgIpc) is 2.52. The van der Waals surface area contributed by atoms with Gasteiger partial charge in [-0.15, -0.1) is 0 Å². The van der Waals surface area contributed by atoms with Crippen LogP contribution in [0.1, 0.15) is 22.3 Å². The standard InChI is InChI=1S/C20H21NO2/c1-14-9-10-18-17(11-19(22)23-20(18)15(14)2)13-21(3)12-16-7-5-4-6-8-16/h4-11H,12-13H2,1-3H3. The van der Waals surface area contributed by atoms with Crippen molar-refractivity contribution < 1.29 is 4.42 Å². The Labute approximate surface area is 136 Å². The molecule has 0 aliphatic heterocycles. The number of benzene rings is 2. The lowest BCUT2D eigenvalue weighted by Gasteiger charge is -2.18. The minimum Gasteiger partial charge on any atom is -0.422 e. The largest absolute Gasteiger partial charge is 0.422 e. The zero-order valence-corrected chi connectivity index (χ0v) is 13.8. The van der Waals surface area contributed by atoms with Crippen LogP contribution in [-0.4, -0.2) is 11.9 Å². The first kappa shape index (κ1) is 15.5. The first-order valence-electron chi connectivity index (χ1n) is 7.80. The molecule has 0 aliphatic rings. The van der Waals surface area contributed by atoms with Crippen molar-refractivity contribution in [3.05, 3.63) is 81.2 Å². The number of nitrogens with zero attached hydrogens (tertiary/aromatic N) is 1. The summed E-state index contributed by atoms with van der Waals surface area (Å²) in [4.78, 5) is 14.1. The second-order valence-electron chi connectivity index (χ2n) is 6.13. The molecule has 0 N–H and O–H groups in total. The van der Waals surface area contributed by atoms with Crippen molar-refractivity contribution in [1.29, 1.82) is 0 Å². The minimum absolute atomic E-state index is 0.283. The van der Waals surface area contributed by atoms with Crippen molar-refractivity contribution in [2.24, 2.45) is 0 Å². The lowest BCUT2D eigenvalue weighted by molar-refractivity contribution is 0.319. The highest BCUT2D eigenvalue weighted by atomic mass is 16.4. The van der Waals surface area contributed by atoms with Crippen LogP contribution in [0.2, 0.25) is 0 Å². The van der Waals surface area contributed by atoms with Gasteiger partial charge in [0, 0.05) is 24.5 Å². The Morgan fingerprint density at radius 2 is 1.74 bits per heavy atom. The van der Waals surface area contributed by atoms with E-state index in [1.165, 1.54) is 5.56 Å². The molecule has 3 heteroatoms. The Bertz CT molecular complexity index is 881. The summed E-state index contributed by atoms with van der Waals surface area (Å²) in [5, 5.41) is 1.02. The van der Waals surface area contributed by atoms with Gasteiger partial charge in [0.15, 0.2) is 0 Å². The third-order valence-corrected chi connectivity index (χ3v) is 4.25. The molecule has 3 aromatic rings. The Balaban J connectivity index is 1.93. The van der Waals surface area contributed by atoms with Crippen LogP contribution in [-0.2, 0) is 13.1 Å². The molecule has 1 heterocycles. The number of hydrogen-bond donors (Lipinski definition) is 0. The van der Waals surface area contributed by atoms with E-state index in [1.807, 2.05) is 38.1 Å². The minimum atomic E-state index is -0.283. The summed E-state index contributed by atoms with van der Waals surface area (Å²) < 4.78 is 5.44. The van der Waals surface area contributed by atoms with Crippen LogP contribution in [0.4, 0.5) is 0 Å². The maximum atomic E-state index is 11.9. The van der Waals surface area contributed by atoms with Gasteiger partial charge in [0.25, 0.3) is 0 Å². The van der Waals surface area contributed by atoms with Crippen LogP contribution in [0.5, 0.6) is 0 Å². The molecule has 2 aromatic carbocycles. The maximum absolute atomic E-state index is 11.9. The molecule has 0 saturated heterocycles. The monoisotopic (exact) mass is 307 g/mol. The van der Waals surface area contributed by atoms with Gasteiger partial charge in [-0.05, 0) is 43.1 Å². The molecule has 0 atom stereocenters. The Morgan fingerprint density at radius 1 is 1.00 bits per heavy atom. The lowest BCUT2D eigenvalue weighted by Crippen LogP contribution is -2.18. The van der Waals surface area contributed by atoms with E-state index in [-0.39, 0.29) is 5.63 Å². The summed E-state index contributed by atoms with van der Waals surface area (Å²) in [5.74, 6) is 0. The molecule has 0 saturated carbocycles. The summed E-state index contributed by atoms with van der Waals surface area (Å²) in [7, 11) is 2.06. The fraction of sp³-hybridized carbons (Fsp3) is 0.250. The van der Waals surface area contributed by atoms with Crippen LogP contribution in [0.3, 0.4) is 0 Å². The quantitative estimate of drug-likeness (QED) is 0.682. The maximum Gasteiger partial charge on any atom is 0.336 e. The Hall–Kier alpha value is -2.39. The molecule has 0 aliphatic carbocycles. The zero-order chi connectivity index (χ0) is 16.4. The van der Waals surface area contributed by atoms with Crippen LogP contribution >= 0.6 is 0 Å². The molecule has 0 fully saturated rings. The molecule has 0 amide bonds. The normalized spacial score (nSPS) is 11.3. The van der Waals surface area contributed by atoms with Crippen molar-refractivity contribution >= 4 is 11.0 Å². The van der Waals surface area contributed by atoms with Gasteiger partial charge in [0.1, 0.15) is 5.58 Å². The third-order valence-electron chi connectivity index (χ3n) is 4.25.